The van der Waals surface area contributed by atoms with Crippen molar-refractivity contribution in [3.8, 4) is 11.4 Å². The molecule has 1 aliphatic rings. The summed E-state index contributed by atoms with van der Waals surface area (Å²) in [5.41, 5.74) is 9.36. The number of anilines is 1. The molecule has 4 rings (SSSR count). The van der Waals surface area contributed by atoms with Crippen molar-refractivity contribution >= 4 is 23.5 Å². The fraction of sp³-hybridized carbons (Fsp3) is 0.333. The summed E-state index contributed by atoms with van der Waals surface area (Å²) in [5, 5.41) is 4.88. The van der Waals surface area contributed by atoms with Gasteiger partial charge in [0.1, 0.15) is 16.5 Å². The topological polar surface area (TPSA) is 93.2 Å². The number of nitrogens with two attached hydrogens (primary N) is 1. The van der Waals surface area contributed by atoms with Crippen molar-refractivity contribution in [2.45, 2.75) is 6.42 Å². The quantitative estimate of drug-likeness (QED) is 0.643. The number of carbonyl (C=O) groups is 1. The number of amides is 1. The Labute approximate surface area is 180 Å². The van der Waals surface area contributed by atoms with E-state index >= 15 is 0 Å². The van der Waals surface area contributed by atoms with E-state index in [1.807, 2.05) is 35.2 Å². The molecule has 0 atom stereocenters. The maximum atomic E-state index is 13.5. The maximum Gasteiger partial charge on any atom is 0.272 e. The van der Waals surface area contributed by atoms with Crippen LogP contribution >= 0.6 is 11.6 Å². The number of halogens is 1. The van der Waals surface area contributed by atoms with E-state index in [9.17, 15) is 4.79 Å². The molecule has 30 heavy (non-hydrogen) atoms. The second kappa shape index (κ2) is 8.41. The molecule has 0 bridgehead atoms. The van der Waals surface area contributed by atoms with Crippen LogP contribution in [0.5, 0.6) is 0 Å². The van der Waals surface area contributed by atoms with Crippen LogP contribution in [0.3, 0.4) is 0 Å². The van der Waals surface area contributed by atoms with Crippen LogP contribution in [0.1, 0.15) is 21.6 Å². The van der Waals surface area contributed by atoms with Crippen LogP contribution in [-0.2, 0) is 13.5 Å². The summed E-state index contributed by atoms with van der Waals surface area (Å²) in [6.45, 7) is 3.07. The van der Waals surface area contributed by atoms with Crippen molar-refractivity contribution in [2.24, 2.45) is 7.05 Å². The molecule has 0 aliphatic carbocycles. The second-order valence-electron chi connectivity index (χ2n) is 7.49. The normalized spacial score (nSPS) is 14.8. The number of hydrogen-bond acceptors (Lipinski definition) is 6. The Balaban J connectivity index is 1.80. The van der Waals surface area contributed by atoms with Gasteiger partial charge >= 0.3 is 0 Å². The lowest BCUT2D eigenvalue weighted by Crippen LogP contribution is -2.47. The summed E-state index contributed by atoms with van der Waals surface area (Å²) in [6.07, 6.45) is 0.542. The van der Waals surface area contributed by atoms with Gasteiger partial charge < -0.3 is 15.5 Å². The van der Waals surface area contributed by atoms with E-state index in [4.69, 9.17) is 17.3 Å². The second-order valence-corrected chi connectivity index (χ2v) is 7.88. The minimum atomic E-state index is -0.0246. The van der Waals surface area contributed by atoms with Crippen LogP contribution < -0.4 is 5.73 Å². The lowest BCUT2D eigenvalue weighted by atomic mass is 10.0. The number of aryl methyl sites for hydroxylation is 1. The molecule has 2 N–H and O–H groups in total. The lowest BCUT2D eigenvalue weighted by Gasteiger charge is -2.32. The molecular weight excluding hydrogens is 402 g/mol. The standard InChI is InChI=1S/C21H24ClN7O/c1-27-8-10-29(11-9-27)20(30)19-15(12-14-6-4-3-5-7-14)18(26-28(19)2)16-13-17(22)25-21(23)24-16/h3-7,13H,8-12H2,1-2H3,(H2,23,24,25). The zero-order valence-electron chi connectivity index (χ0n) is 17.0. The molecule has 9 heteroatoms. The number of nitrogens with zero attached hydrogens (tertiary/aromatic N) is 6. The van der Waals surface area contributed by atoms with Gasteiger partial charge in [-0.1, -0.05) is 41.9 Å². The van der Waals surface area contributed by atoms with Gasteiger partial charge in [-0.15, -0.1) is 0 Å². The van der Waals surface area contributed by atoms with E-state index in [1.54, 1.807) is 17.8 Å². The van der Waals surface area contributed by atoms with Crippen molar-refractivity contribution in [3.05, 3.63) is 58.4 Å². The molecule has 1 fully saturated rings. The molecule has 0 spiro atoms. The van der Waals surface area contributed by atoms with Crippen LogP contribution in [0.4, 0.5) is 5.95 Å². The van der Waals surface area contributed by atoms with Gasteiger partial charge in [0.15, 0.2) is 0 Å². The third-order valence-electron chi connectivity index (χ3n) is 5.32. The highest BCUT2D eigenvalue weighted by Crippen LogP contribution is 2.29. The van der Waals surface area contributed by atoms with Crippen molar-refractivity contribution in [1.29, 1.82) is 0 Å². The summed E-state index contributed by atoms with van der Waals surface area (Å²) in [4.78, 5) is 25.8. The lowest BCUT2D eigenvalue weighted by molar-refractivity contribution is 0.0652. The van der Waals surface area contributed by atoms with Crippen molar-refractivity contribution in [3.63, 3.8) is 0 Å². The van der Waals surface area contributed by atoms with Gasteiger partial charge in [0.25, 0.3) is 5.91 Å². The summed E-state index contributed by atoms with van der Waals surface area (Å²) in [5.74, 6) is 0.0455. The zero-order valence-corrected chi connectivity index (χ0v) is 17.8. The van der Waals surface area contributed by atoms with E-state index < -0.39 is 0 Å². The van der Waals surface area contributed by atoms with Gasteiger partial charge in [0.05, 0.1) is 5.69 Å². The van der Waals surface area contributed by atoms with Gasteiger partial charge in [0, 0.05) is 51.3 Å². The predicted molar refractivity (Wildman–Crippen MR) is 116 cm³/mol. The summed E-state index contributed by atoms with van der Waals surface area (Å²) < 4.78 is 1.64. The first kappa shape index (κ1) is 20.3. The van der Waals surface area contributed by atoms with Gasteiger partial charge in [0.2, 0.25) is 5.95 Å². The van der Waals surface area contributed by atoms with Gasteiger partial charge in [-0.2, -0.15) is 5.10 Å². The molecule has 3 heterocycles. The van der Waals surface area contributed by atoms with E-state index in [1.165, 1.54) is 0 Å². The number of aromatic nitrogens is 4. The van der Waals surface area contributed by atoms with Crippen LogP contribution in [0.15, 0.2) is 36.4 Å². The van der Waals surface area contributed by atoms with Crippen molar-refractivity contribution < 1.29 is 4.79 Å². The summed E-state index contributed by atoms with van der Waals surface area (Å²) in [7, 11) is 3.85. The smallest absolute Gasteiger partial charge is 0.272 e. The number of piperazine rings is 1. The molecule has 1 amide bonds. The average Bonchev–Trinajstić information content (AvgIpc) is 3.04. The maximum absolute atomic E-state index is 13.5. The third-order valence-corrected chi connectivity index (χ3v) is 5.51. The number of rotatable bonds is 4. The Kier molecular flexibility index (Phi) is 5.69. The number of likely N-dealkylation sites (N-methyl/N-ethyl adjacent to an activating group) is 1. The van der Waals surface area contributed by atoms with E-state index in [2.05, 4.69) is 27.0 Å². The molecule has 1 aliphatic heterocycles. The monoisotopic (exact) mass is 425 g/mol. The molecular formula is C21H24ClN7O. The van der Waals surface area contributed by atoms with Gasteiger partial charge in [-0.25, -0.2) is 9.97 Å². The average molecular weight is 426 g/mol. The SMILES string of the molecule is CN1CCN(C(=O)c2c(Cc3ccccc3)c(-c3cc(Cl)nc(N)n3)nn2C)CC1. The highest BCUT2D eigenvalue weighted by atomic mass is 35.5. The molecule has 156 valence electrons. The van der Waals surface area contributed by atoms with Crippen molar-refractivity contribution in [2.75, 3.05) is 39.0 Å². The van der Waals surface area contributed by atoms with Gasteiger partial charge in [-0.3, -0.25) is 9.48 Å². The molecule has 3 aromatic rings. The first-order valence-corrected chi connectivity index (χ1v) is 10.2. The predicted octanol–water partition coefficient (Wildman–Crippen LogP) is 2.09. The summed E-state index contributed by atoms with van der Waals surface area (Å²) in [6, 6.07) is 11.6. The fourth-order valence-electron chi connectivity index (χ4n) is 3.72. The van der Waals surface area contributed by atoms with E-state index in [-0.39, 0.29) is 17.0 Å². The molecule has 1 saturated heterocycles. The fourth-order valence-corrected chi connectivity index (χ4v) is 3.91. The first-order valence-electron chi connectivity index (χ1n) is 9.80. The van der Waals surface area contributed by atoms with Crippen LogP contribution in [-0.4, -0.2) is 68.7 Å². The Morgan fingerprint density at radius 2 is 1.80 bits per heavy atom. The Hall–Kier alpha value is -2.97. The van der Waals surface area contributed by atoms with Gasteiger partial charge in [-0.05, 0) is 12.6 Å². The first-order chi connectivity index (χ1) is 14.4. The molecule has 2 aromatic heterocycles. The summed E-state index contributed by atoms with van der Waals surface area (Å²) >= 11 is 6.11. The highest BCUT2D eigenvalue weighted by Gasteiger charge is 2.29. The van der Waals surface area contributed by atoms with Crippen LogP contribution in [0.25, 0.3) is 11.4 Å². The Bertz CT molecular complexity index is 1040. The number of benzene rings is 1. The molecule has 8 nitrogen and oxygen atoms in total. The number of nitrogen functional groups attached to an aromatic ring is 1. The Morgan fingerprint density at radius 1 is 1.10 bits per heavy atom. The highest BCUT2D eigenvalue weighted by molar-refractivity contribution is 6.29. The van der Waals surface area contributed by atoms with E-state index in [0.29, 0.717) is 36.6 Å². The Morgan fingerprint density at radius 3 is 2.47 bits per heavy atom. The molecule has 0 radical (unpaired) electrons. The zero-order chi connectivity index (χ0) is 21.3. The molecule has 1 aromatic carbocycles. The van der Waals surface area contributed by atoms with E-state index in [0.717, 1.165) is 24.2 Å². The number of hydrogen-bond donors (Lipinski definition) is 1. The largest absolute Gasteiger partial charge is 0.368 e. The minimum Gasteiger partial charge on any atom is -0.368 e. The third kappa shape index (κ3) is 4.15. The molecule has 0 unspecified atom stereocenters. The minimum absolute atomic E-state index is 0.0246. The van der Waals surface area contributed by atoms with Crippen molar-refractivity contribution in [1.82, 2.24) is 29.5 Å². The number of carbonyl (C=O) groups excluding carboxylic acids is 1. The molecule has 0 saturated carbocycles. The van der Waals surface area contributed by atoms with Crippen LogP contribution in [0.2, 0.25) is 5.15 Å². The van der Waals surface area contributed by atoms with Crippen LogP contribution in [0, 0.1) is 0 Å².